The van der Waals surface area contributed by atoms with Gasteiger partial charge in [0, 0.05) is 0 Å². The third-order valence-corrected chi connectivity index (χ3v) is 3.82. The first-order valence-electron chi connectivity index (χ1n) is 8.24. The Morgan fingerprint density at radius 2 is 1.64 bits per heavy atom. The number of hydrogen-bond acceptors (Lipinski definition) is 3. The molecular formula is C22H19NO2. The first kappa shape index (κ1) is 16.6. The summed E-state index contributed by atoms with van der Waals surface area (Å²) in [5.74, 6) is 1.42. The Labute approximate surface area is 148 Å². The van der Waals surface area contributed by atoms with Gasteiger partial charge in [-0.15, -0.1) is 0 Å². The molecule has 0 amide bonds. The highest BCUT2D eigenvalue weighted by atomic mass is 16.5. The van der Waals surface area contributed by atoms with Gasteiger partial charge in [0.15, 0.2) is 0 Å². The minimum absolute atomic E-state index is 0.439. The summed E-state index contributed by atoms with van der Waals surface area (Å²) in [7, 11) is 0. The van der Waals surface area contributed by atoms with Crippen molar-refractivity contribution < 1.29 is 9.47 Å². The summed E-state index contributed by atoms with van der Waals surface area (Å²) in [5.41, 5.74) is 3.57. The van der Waals surface area contributed by atoms with Gasteiger partial charge in [0.25, 0.3) is 0 Å². The fraction of sp³-hybridized carbons (Fsp3) is 0.136. The Bertz CT molecular complexity index is 882. The van der Waals surface area contributed by atoms with E-state index < -0.39 is 0 Å². The van der Waals surface area contributed by atoms with E-state index in [-0.39, 0.29) is 0 Å². The molecular weight excluding hydrogens is 310 g/mol. The van der Waals surface area contributed by atoms with Crippen molar-refractivity contribution >= 4 is 0 Å². The molecule has 3 aromatic rings. The first-order valence-corrected chi connectivity index (χ1v) is 8.24. The molecule has 0 N–H and O–H groups in total. The largest absolute Gasteiger partial charge is 0.494 e. The average Bonchev–Trinajstić information content (AvgIpc) is 2.67. The Hall–Kier alpha value is -3.25. The van der Waals surface area contributed by atoms with E-state index in [0.29, 0.717) is 24.5 Å². The number of rotatable bonds is 6. The van der Waals surface area contributed by atoms with Crippen LogP contribution in [0.25, 0.3) is 11.1 Å². The average molecular weight is 329 g/mol. The van der Waals surface area contributed by atoms with Gasteiger partial charge in [-0.05, 0) is 47.9 Å². The van der Waals surface area contributed by atoms with E-state index in [1.54, 1.807) is 0 Å². The van der Waals surface area contributed by atoms with Crippen molar-refractivity contribution in [3.63, 3.8) is 0 Å². The standard InChI is InChI=1S/C22H19NO2/c1-2-24-21-10-6-9-18(14-21)19-11-12-22(20(13-19)15-23)25-16-17-7-4-3-5-8-17/h3-14H,2,16H2,1H3. The lowest BCUT2D eigenvalue weighted by atomic mass is 10.0. The van der Waals surface area contributed by atoms with Crippen molar-refractivity contribution in [3.05, 3.63) is 83.9 Å². The van der Waals surface area contributed by atoms with Crippen molar-refractivity contribution in [3.8, 4) is 28.7 Å². The van der Waals surface area contributed by atoms with Gasteiger partial charge in [0.2, 0.25) is 0 Å². The summed E-state index contributed by atoms with van der Waals surface area (Å²) in [5, 5.41) is 9.47. The minimum atomic E-state index is 0.439. The summed E-state index contributed by atoms with van der Waals surface area (Å²) in [4.78, 5) is 0. The summed E-state index contributed by atoms with van der Waals surface area (Å²) < 4.78 is 11.4. The normalized spacial score (nSPS) is 10.1. The van der Waals surface area contributed by atoms with Crippen LogP contribution in [-0.4, -0.2) is 6.61 Å². The van der Waals surface area contributed by atoms with Crippen LogP contribution in [0.4, 0.5) is 0 Å². The van der Waals surface area contributed by atoms with Crippen LogP contribution in [0.3, 0.4) is 0 Å². The molecule has 0 atom stereocenters. The summed E-state index contributed by atoms with van der Waals surface area (Å²) in [6.45, 7) is 3.02. The van der Waals surface area contributed by atoms with Crippen LogP contribution in [-0.2, 0) is 6.61 Å². The van der Waals surface area contributed by atoms with E-state index in [0.717, 1.165) is 22.4 Å². The van der Waals surface area contributed by atoms with Gasteiger partial charge in [0.05, 0.1) is 12.2 Å². The maximum Gasteiger partial charge on any atom is 0.137 e. The third kappa shape index (κ3) is 4.19. The lowest BCUT2D eigenvalue weighted by Crippen LogP contribution is -1.97. The van der Waals surface area contributed by atoms with Crippen LogP contribution in [0.1, 0.15) is 18.1 Å². The Kier molecular flexibility index (Phi) is 5.33. The lowest BCUT2D eigenvalue weighted by Gasteiger charge is -2.11. The quantitative estimate of drug-likeness (QED) is 0.624. The van der Waals surface area contributed by atoms with Gasteiger partial charge in [-0.3, -0.25) is 0 Å². The molecule has 0 aliphatic carbocycles. The van der Waals surface area contributed by atoms with Crippen molar-refractivity contribution in [1.82, 2.24) is 0 Å². The molecule has 3 nitrogen and oxygen atoms in total. The van der Waals surface area contributed by atoms with Gasteiger partial charge < -0.3 is 9.47 Å². The topological polar surface area (TPSA) is 42.2 Å². The van der Waals surface area contributed by atoms with Gasteiger partial charge >= 0.3 is 0 Å². The Morgan fingerprint density at radius 1 is 0.840 bits per heavy atom. The number of ether oxygens (including phenoxy) is 2. The van der Waals surface area contributed by atoms with Crippen LogP contribution in [0.15, 0.2) is 72.8 Å². The van der Waals surface area contributed by atoms with Crippen molar-refractivity contribution in [2.24, 2.45) is 0 Å². The van der Waals surface area contributed by atoms with E-state index >= 15 is 0 Å². The molecule has 0 fully saturated rings. The zero-order chi connectivity index (χ0) is 17.5. The van der Waals surface area contributed by atoms with Crippen LogP contribution < -0.4 is 9.47 Å². The summed E-state index contributed by atoms with van der Waals surface area (Å²) in [6.07, 6.45) is 0. The molecule has 0 aliphatic rings. The molecule has 3 heteroatoms. The van der Waals surface area contributed by atoms with E-state index in [1.165, 1.54) is 0 Å². The molecule has 3 aromatic carbocycles. The van der Waals surface area contributed by atoms with Crippen LogP contribution in [0.5, 0.6) is 11.5 Å². The summed E-state index contributed by atoms with van der Waals surface area (Å²) in [6, 6.07) is 25.7. The SMILES string of the molecule is CCOc1cccc(-c2ccc(OCc3ccccc3)c(C#N)c2)c1. The molecule has 0 bridgehead atoms. The predicted octanol–water partition coefficient (Wildman–Crippen LogP) is 5.20. The molecule has 124 valence electrons. The smallest absolute Gasteiger partial charge is 0.137 e. The second-order valence-corrected chi connectivity index (χ2v) is 5.56. The Balaban J connectivity index is 1.82. The minimum Gasteiger partial charge on any atom is -0.494 e. The molecule has 0 aromatic heterocycles. The van der Waals surface area contributed by atoms with E-state index in [4.69, 9.17) is 9.47 Å². The molecule has 0 heterocycles. The monoisotopic (exact) mass is 329 g/mol. The number of hydrogen-bond donors (Lipinski definition) is 0. The Morgan fingerprint density at radius 3 is 2.40 bits per heavy atom. The molecule has 0 saturated heterocycles. The first-order chi connectivity index (χ1) is 12.3. The van der Waals surface area contributed by atoms with Crippen LogP contribution >= 0.6 is 0 Å². The number of nitriles is 1. The van der Waals surface area contributed by atoms with Gasteiger partial charge in [0.1, 0.15) is 24.2 Å². The van der Waals surface area contributed by atoms with Gasteiger partial charge in [-0.2, -0.15) is 5.26 Å². The van der Waals surface area contributed by atoms with Crippen LogP contribution in [0, 0.1) is 11.3 Å². The van der Waals surface area contributed by atoms with Gasteiger partial charge in [-0.1, -0.05) is 48.5 Å². The molecule has 0 spiro atoms. The van der Waals surface area contributed by atoms with E-state index in [1.807, 2.05) is 79.7 Å². The fourth-order valence-corrected chi connectivity index (χ4v) is 2.59. The molecule has 0 aliphatic heterocycles. The predicted molar refractivity (Wildman–Crippen MR) is 98.5 cm³/mol. The zero-order valence-corrected chi connectivity index (χ0v) is 14.1. The number of nitrogens with zero attached hydrogens (tertiary/aromatic N) is 1. The maximum atomic E-state index is 9.47. The highest BCUT2D eigenvalue weighted by molar-refractivity contribution is 5.68. The summed E-state index contributed by atoms with van der Waals surface area (Å²) >= 11 is 0. The van der Waals surface area contributed by atoms with Crippen molar-refractivity contribution in [1.29, 1.82) is 5.26 Å². The molecule has 0 radical (unpaired) electrons. The maximum absolute atomic E-state index is 9.47. The second kappa shape index (κ2) is 8.03. The second-order valence-electron chi connectivity index (χ2n) is 5.56. The molecule has 3 rings (SSSR count). The van der Waals surface area contributed by atoms with E-state index in [9.17, 15) is 5.26 Å². The molecule has 25 heavy (non-hydrogen) atoms. The van der Waals surface area contributed by atoms with Gasteiger partial charge in [-0.25, -0.2) is 0 Å². The molecule has 0 saturated carbocycles. The zero-order valence-electron chi connectivity index (χ0n) is 14.1. The fourth-order valence-electron chi connectivity index (χ4n) is 2.59. The van der Waals surface area contributed by atoms with Crippen molar-refractivity contribution in [2.45, 2.75) is 13.5 Å². The third-order valence-electron chi connectivity index (χ3n) is 3.82. The van der Waals surface area contributed by atoms with E-state index in [2.05, 4.69) is 6.07 Å². The number of benzene rings is 3. The van der Waals surface area contributed by atoms with Crippen LogP contribution in [0.2, 0.25) is 0 Å². The molecule has 0 unspecified atom stereocenters. The lowest BCUT2D eigenvalue weighted by molar-refractivity contribution is 0.305. The highest BCUT2D eigenvalue weighted by Crippen LogP contribution is 2.29. The highest BCUT2D eigenvalue weighted by Gasteiger charge is 2.08. The van der Waals surface area contributed by atoms with Crippen molar-refractivity contribution in [2.75, 3.05) is 6.61 Å².